The summed E-state index contributed by atoms with van der Waals surface area (Å²) < 4.78 is 37.5. The van der Waals surface area contributed by atoms with Crippen LogP contribution in [0.25, 0.3) is 0 Å². The Labute approximate surface area is 171 Å². The minimum Gasteiger partial charge on any atom is -0.462 e. The zero-order valence-electron chi connectivity index (χ0n) is 16.0. The summed E-state index contributed by atoms with van der Waals surface area (Å²) in [7, 11) is 0. The SMILES string of the molecule is CCCCCOC(=O)C1=C(C)Nc2ncnn2C1c1cc(Cl)ccc1OC(F)F. The number of rotatable bonds is 8. The molecular formula is C19H21ClF2N4O3. The summed E-state index contributed by atoms with van der Waals surface area (Å²) in [6.07, 6.45) is 3.96. The van der Waals surface area contributed by atoms with Gasteiger partial charge in [-0.2, -0.15) is 18.9 Å². The van der Waals surface area contributed by atoms with Gasteiger partial charge >= 0.3 is 12.6 Å². The van der Waals surface area contributed by atoms with Gasteiger partial charge in [0, 0.05) is 16.3 Å². The molecule has 0 radical (unpaired) electrons. The van der Waals surface area contributed by atoms with Crippen molar-refractivity contribution in [3.05, 3.63) is 46.4 Å². The van der Waals surface area contributed by atoms with Crippen LogP contribution in [0.2, 0.25) is 5.02 Å². The van der Waals surface area contributed by atoms with Crippen LogP contribution < -0.4 is 10.1 Å². The number of esters is 1. The van der Waals surface area contributed by atoms with Gasteiger partial charge in [0.2, 0.25) is 5.95 Å². The smallest absolute Gasteiger partial charge is 0.387 e. The Morgan fingerprint density at radius 2 is 2.17 bits per heavy atom. The van der Waals surface area contributed by atoms with Crippen LogP contribution in [-0.2, 0) is 9.53 Å². The molecule has 1 aliphatic rings. The van der Waals surface area contributed by atoms with E-state index < -0.39 is 18.6 Å². The monoisotopic (exact) mass is 426 g/mol. The fourth-order valence-electron chi connectivity index (χ4n) is 3.17. The number of benzene rings is 1. The highest BCUT2D eigenvalue weighted by Crippen LogP contribution is 2.40. The summed E-state index contributed by atoms with van der Waals surface area (Å²) in [4.78, 5) is 17.0. The molecule has 2 aromatic rings. The van der Waals surface area contributed by atoms with Gasteiger partial charge in [-0.3, -0.25) is 0 Å². The van der Waals surface area contributed by atoms with Gasteiger partial charge in [-0.25, -0.2) is 9.48 Å². The van der Waals surface area contributed by atoms with Crippen LogP contribution in [0.5, 0.6) is 5.75 Å². The van der Waals surface area contributed by atoms with E-state index >= 15 is 0 Å². The van der Waals surface area contributed by atoms with Crippen LogP contribution in [0.15, 0.2) is 35.8 Å². The Bertz CT molecular complexity index is 917. The zero-order chi connectivity index (χ0) is 21.0. The van der Waals surface area contributed by atoms with Crippen molar-refractivity contribution in [3.8, 4) is 5.75 Å². The fraction of sp³-hybridized carbons (Fsp3) is 0.421. The summed E-state index contributed by atoms with van der Waals surface area (Å²) in [5.74, 6) is -0.319. The molecule has 156 valence electrons. The number of aromatic nitrogens is 3. The number of nitrogens with one attached hydrogen (secondary N) is 1. The molecule has 1 unspecified atom stereocenters. The number of hydrogen-bond acceptors (Lipinski definition) is 6. The molecule has 1 aromatic carbocycles. The van der Waals surface area contributed by atoms with Gasteiger partial charge in [-0.15, -0.1) is 0 Å². The molecular weight excluding hydrogens is 406 g/mol. The van der Waals surface area contributed by atoms with Crippen molar-refractivity contribution < 1.29 is 23.0 Å². The lowest BCUT2D eigenvalue weighted by atomic mass is 9.95. The van der Waals surface area contributed by atoms with Crippen LogP contribution in [0, 0.1) is 0 Å². The number of carbonyl (C=O) groups excluding carboxylic acids is 1. The van der Waals surface area contributed by atoms with Gasteiger partial charge < -0.3 is 14.8 Å². The lowest BCUT2D eigenvalue weighted by Crippen LogP contribution is -2.30. The van der Waals surface area contributed by atoms with Crippen molar-refractivity contribution in [3.63, 3.8) is 0 Å². The number of alkyl halides is 2. The first-order chi connectivity index (χ1) is 13.9. The van der Waals surface area contributed by atoms with E-state index in [1.54, 1.807) is 6.92 Å². The molecule has 29 heavy (non-hydrogen) atoms. The van der Waals surface area contributed by atoms with Gasteiger partial charge in [0.1, 0.15) is 18.1 Å². The standard InChI is InChI=1S/C19H21ClF2N4O3/c1-3-4-5-8-28-17(27)15-11(2)25-19-23-10-24-26(19)16(15)13-9-12(20)6-7-14(13)29-18(21)22/h6-7,9-10,16,18H,3-5,8H2,1-2H3,(H,23,24,25). The van der Waals surface area contributed by atoms with E-state index in [9.17, 15) is 13.6 Å². The second-order valence-corrected chi connectivity index (χ2v) is 6.93. The van der Waals surface area contributed by atoms with Crippen LogP contribution in [0.3, 0.4) is 0 Å². The van der Waals surface area contributed by atoms with E-state index in [2.05, 4.69) is 20.1 Å². The normalized spacial score (nSPS) is 15.9. The number of halogens is 3. The lowest BCUT2D eigenvalue weighted by molar-refractivity contribution is -0.139. The average Bonchev–Trinajstić information content (AvgIpc) is 3.13. The van der Waals surface area contributed by atoms with Crippen molar-refractivity contribution >= 4 is 23.5 Å². The van der Waals surface area contributed by atoms with Gasteiger partial charge in [0.15, 0.2) is 0 Å². The third kappa shape index (κ3) is 4.67. The first-order valence-electron chi connectivity index (χ1n) is 9.21. The second kappa shape index (κ2) is 9.21. The van der Waals surface area contributed by atoms with E-state index in [0.717, 1.165) is 19.3 Å². The Balaban J connectivity index is 2.04. The summed E-state index contributed by atoms with van der Waals surface area (Å²) >= 11 is 6.12. The average molecular weight is 427 g/mol. The molecule has 3 rings (SSSR count). The molecule has 1 aromatic heterocycles. The molecule has 0 saturated carbocycles. The molecule has 1 N–H and O–H groups in total. The Kier molecular flexibility index (Phi) is 6.68. The van der Waals surface area contributed by atoms with E-state index in [-0.39, 0.29) is 23.5 Å². The van der Waals surface area contributed by atoms with E-state index in [0.29, 0.717) is 16.7 Å². The number of hydrogen-bond donors (Lipinski definition) is 1. The number of anilines is 1. The van der Waals surface area contributed by atoms with Crippen molar-refractivity contribution in [2.45, 2.75) is 45.8 Å². The molecule has 7 nitrogen and oxygen atoms in total. The quantitative estimate of drug-likeness (QED) is 0.492. The van der Waals surface area contributed by atoms with Crippen LogP contribution in [0.1, 0.15) is 44.7 Å². The molecule has 1 atom stereocenters. The maximum absolute atomic E-state index is 13.0. The summed E-state index contributed by atoms with van der Waals surface area (Å²) in [6.45, 7) is 0.953. The van der Waals surface area contributed by atoms with Crippen molar-refractivity contribution in [2.75, 3.05) is 11.9 Å². The molecule has 0 spiro atoms. The number of nitrogens with zero attached hydrogens (tertiary/aromatic N) is 3. The Hall–Kier alpha value is -2.68. The summed E-state index contributed by atoms with van der Waals surface area (Å²) in [5, 5.41) is 7.45. The topological polar surface area (TPSA) is 78.3 Å². The van der Waals surface area contributed by atoms with Gasteiger partial charge in [-0.05, 0) is 31.5 Å². The minimum atomic E-state index is -3.04. The Morgan fingerprint density at radius 1 is 1.38 bits per heavy atom. The van der Waals surface area contributed by atoms with E-state index in [4.69, 9.17) is 16.3 Å². The predicted octanol–water partition coefficient (Wildman–Crippen LogP) is 4.56. The molecule has 0 saturated heterocycles. The fourth-order valence-corrected chi connectivity index (χ4v) is 3.35. The molecule has 0 fully saturated rings. The highest BCUT2D eigenvalue weighted by molar-refractivity contribution is 6.30. The first kappa shape index (κ1) is 21.0. The number of unbranched alkanes of at least 4 members (excludes halogenated alkanes) is 2. The number of carbonyl (C=O) groups is 1. The maximum Gasteiger partial charge on any atom is 0.387 e. The number of ether oxygens (including phenoxy) is 2. The van der Waals surface area contributed by atoms with Gasteiger partial charge in [0.05, 0.1) is 12.2 Å². The highest BCUT2D eigenvalue weighted by atomic mass is 35.5. The second-order valence-electron chi connectivity index (χ2n) is 6.50. The minimum absolute atomic E-state index is 0.109. The zero-order valence-corrected chi connectivity index (χ0v) is 16.7. The number of fused-ring (bicyclic) bond motifs is 1. The van der Waals surface area contributed by atoms with Crippen molar-refractivity contribution in [1.29, 1.82) is 0 Å². The van der Waals surface area contributed by atoms with E-state index in [1.807, 2.05) is 6.92 Å². The first-order valence-corrected chi connectivity index (χ1v) is 9.58. The van der Waals surface area contributed by atoms with E-state index in [1.165, 1.54) is 29.2 Å². The molecule has 0 amide bonds. The predicted molar refractivity (Wildman–Crippen MR) is 103 cm³/mol. The Morgan fingerprint density at radius 3 is 2.90 bits per heavy atom. The van der Waals surface area contributed by atoms with Crippen molar-refractivity contribution in [2.24, 2.45) is 0 Å². The highest BCUT2D eigenvalue weighted by Gasteiger charge is 2.36. The molecule has 0 bridgehead atoms. The lowest BCUT2D eigenvalue weighted by Gasteiger charge is -2.29. The van der Waals surface area contributed by atoms with Crippen LogP contribution in [-0.4, -0.2) is 34.0 Å². The van der Waals surface area contributed by atoms with Crippen LogP contribution in [0.4, 0.5) is 14.7 Å². The third-order valence-electron chi connectivity index (χ3n) is 4.48. The maximum atomic E-state index is 13.0. The molecule has 0 aliphatic carbocycles. The van der Waals surface area contributed by atoms with Crippen molar-refractivity contribution in [1.82, 2.24) is 14.8 Å². The van der Waals surface area contributed by atoms with Crippen LogP contribution >= 0.6 is 11.6 Å². The molecule has 10 heteroatoms. The third-order valence-corrected chi connectivity index (χ3v) is 4.71. The summed E-state index contributed by atoms with van der Waals surface area (Å²) in [6, 6.07) is 3.35. The molecule has 1 aliphatic heterocycles. The molecule has 2 heterocycles. The summed E-state index contributed by atoms with van der Waals surface area (Å²) in [5.41, 5.74) is 0.964. The van der Waals surface area contributed by atoms with Gasteiger partial charge in [-0.1, -0.05) is 31.4 Å². The number of allylic oxidation sites excluding steroid dienone is 1. The van der Waals surface area contributed by atoms with Gasteiger partial charge in [0.25, 0.3) is 0 Å². The largest absolute Gasteiger partial charge is 0.462 e.